The summed E-state index contributed by atoms with van der Waals surface area (Å²) in [5.74, 6) is -2.93. The summed E-state index contributed by atoms with van der Waals surface area (Å²) in [6.07, 6.45) is 1.57. The van der Waals surface area contributed by atoms with Crippen LogP contribution in [0.2, 0.25) is 0 Å². The minimum atomic E-state index is -4.93. The number of alkyl halides is 3. The molecule has 0 radical (unpaired) electrons. The van der Waals surface area contributed by atoms with E-state index in [2.05, 4.69) is 10.1 Å². The Labute approximate surface area is 246 Å². The van der Waals surface area contributed by atoms with Gasteiger partial charge in [0.2, 0.25) is 0 Å². The lowest BCUT2D eigenvalue weighted by molar-refractivity contribution is -0.274. The standard InChI is InChI=1S/C33H30F3NO6/c34-33(35,36)43-27-8-4-7-26(19-27)29(38)20-28(23-11-9-22(10-12-23)21-5-2-1-3-6-21)31(41)24-13-15-25(16-14-24)32(42)37-18-17-30(39)40/h4,7-16,19-21H,1-3,5-6,17-18H2,(H,37,42)(H,39,40)/b28-20-. The zero-order valence-corrected chi connectivity index (χ0v) is 23.2. The lowest BCUT2D eigenvalue weighted by Gasteiger charge is -2.22. The van der Waals surface area contributed by atoms with E-state index in [1.54, 1.807) is 12.1 Å². The Kier molecular flexibility index (Phi) is 10.1. The van der Waals surface area contributed by atoms with Crippen molar-refractivity contribution in [1.29, 1.82) is 0 Å². The number of Topliss-reactive ketones (excluding diaryl/α,β-unsaturated/α-hetero) is 1. The van der Waals surface area contributed by atoms with E-state index < -0.39 is 35.6 Å². The summed E-state index contributed by atoms with van der Waals surface area (Å²) in [4.78, 5) is 50.0. The van der Waals surface area contributed by atoms with Gasteiger partial charge in [-0.3, -0.25) is 19.2 Å². The van der Waals surface area contributed by atoms with Crippen molar-refractivity contribution in [3.63, 3.8) is 0 Å². The fourth-order valence-corrected chi connectivity index (χ4v) is 5.03. The van der Waals surface area contributed by atoms with E-state index in [0.717, 1.165) is 49.5 Å². The molecule has 10 heteroatoms. The van der Waals surface area contributed by atoms with E-state index in [0.29, 0.717) is 11.5 Å². The van der Waals surface area contributed by atoms with Crippen LogP contribution in [-0.2, 0) is 4.79 Å². The van der Waals surface area contributed by atoms with Gasteiger partial charge < -0.3 is 15.2 Å². The van der Waals surface area contributed by atoms with Gasteiger partial charge in [-0.15, -0.1) is 13.2 Å². The van der Waals surface area contributed by atoms with Crippen LogP contribution in [0.5, 0.6) is 5.75 Å². The zero-order valence-electron chi connectivity index (χ0n) is 23.2. The largest absolute Gasteiger partial charge is 0.573 e. The molecule has 1 fully saturated rings. The minimum absolute atomic E-state index is 0.0287. The molecule has 0 aliphatic heterocycles. The van der Waals surface area contributed by atoms with Crippen molar-refractivity contribution in [2.75, 3.05) is 6.54 Å². The summed E-state index contributed by atoms with van der Waals surface area (Å²) < 4.78 is 42.1. The first-order chi connectivity index (χ1) is 20.5. The van der Waals surface area contributed by atoms with Gasteiger partial charge in [-0.2, -0.15) is 0 Å². The van der Waals surface area contributed by atoms with E-state index in [4.69, 9.17) is 5.11 Å². The average molecular weight is 594 g/mol. The molecular formula is C33H30F3NO6. The van der Waals surface area contributed by atoms with Gasteiger partial charge in [0.1, 0.15) is 5.75 Å². The lowest BCUT2D eigenvalue weighted by Crippen LogP contribution is -2.26. The number of aliphatic carboxylic acids is 1. The average Bonchev–Trinajstić information content (AvgIpc) is 2.99. The molecular weight excluding hydrogens is 563 g/mol. The Morgan fingerprint density at radius 1 is 0.837 bits per heavy atom. The van der Waals surface area contributed by atoms with Gasteiger partial charge in [0, 0.05) is 28.8 Å². The number of carboxylic acid groups (broad SMARTS) is 1. The Hall–Kier alpha value is -4.73. The number of hydrogen-bond acceptors (Lipinski definition) is 5. The first-order valence-corrected chi connectivity index (χ1v) is 13.9. The number of ketones is 2. The molecule has 1 saturated carbocycles. The van der Waals surface area contributed by atoms with Crippen molar-refractivity contribution in [2.24, 2.45) is 0 Å². The van der Waals surface area contributed by atoms with E-state index in [1.165, 1.54) is 42.8 Å². The molecule has 3 aromatic rings. The van der Waals surface area contributed by atoms with Crippen LogP contribution >= 0.6 is 0 Å². The van der Waals surface area contributed by atoms with Crippen LogP contribution in [0.25, 0.3) is 5.57 Å². The Morgan fingerprint density at radius 3 is 2.09 bits per heavy atom. The van der Waals surface area contributed by atoms with Crippen LogP contribution in [0.1, 0.15) is 86.6 Å². The number of carbonyl (C=O) groups excluding carboxylic acids is 3. The number of halogens is 3. The monoisotopic (exact) mass is 593 g/mol. The van der Waals surface area contributed by atoms with Crippen LogP contribution in [-0.4, -0.2) is 41.5 Å². The van der Waals surface area contributed by atoms with Crippen LogP contribution in [0.15, 0.2) is 78.9 Å². The molecule has 4 rings (SSSR count). The van der Waals surface area contributed by atoms with Crippen molar-refractivity contribution in [3.8, 4) is 5.75 Å². The molecule has 0 aromatic heterocycles. The molecule has 0 saturated heterocycles. The third-order valence-electron chi connectivity index (χ3n) is 7.20. The van der Waals surface area contributed by atoms with Gasteiger partial charge in [0.15, 0.2) is 11.6 Å². The number of amides is 1. The first kappa shape index (κ1) is 31.2. The first-order valence-electron chi connectivity index (χ1n) is 13.9. The van der Waals surface area contributed by atoms with Gasteiger partial charge >= 0.3 is 12.3 Å². The maximum atomic E-state index is 13.7. The number of nitrogens with one attached hydrogen (secondary N) is 1. The smallest absolute Gasteiger partial charge is 0.481 e. The summed E-state index contributed by atoms with van der Waals surface area (Å²) in [6, 6.07) is 17.6. The highest BCUT2D eigenvalue weighted by atomic mass is 19.4. The predicted molar refractivity (Wildman–Crippen MR) is 153 cm³/mol. The number of carbonyl (C=O) groups is 4. The summed E-state index contributed by atoms with van der Waals surface area (Å²) in [5, 5.41) is 11.2. The van der Waals surface area contributed by atoms with Gasteiger partial charge in [0.05, 0.1) is 6.42 Å². The van der Waals surface area contributed by atoms with Crippen LogP contribution in [0.4, 0.5) is 13.2 Å². The Bertz CT molecular complexity index is 1500. The lowest BCUT2D eigenvalue weighted by atomic mass is 9.83. The summed E-state index contributed by atoms with van der Waals surface area (Å²) in [6.45, 7) is -0.0596. The van der Waals surface area contributed by atoms with Crippen LogP contribution in [0, 0.1) is 0 Å². The highest BCUT2D eigenvalue weighted by Crippen LogP contribution is 2.33. The maximum Gasteiger partial charge on any atom is 0.573 e. The Balaban J connectivity index is 1.63. The maximum absolute atomic E-state index is 13.7. The molecule has 1 aliphatic rings. The molecule has 0 heterocycles. The van der Waals surface area contributed by atoms with Crippen LogP contribution < -0.4 is 10.1 Å². The SMILES string of the molecule is O=C(O)CCNC(=O)c1ccc(C(=O)/C(=C\C(=O)c2cccc(OC(F)(F)F)c2)c2ccc(C3CCCCC3)cc2)cc1. The van der Waals surface area contributed by atoms with E-state index in [1.807, 2.05) is 12.1 Å². The molecule has 1 amide bonds. The van der Waals surface area contributed by atoms with Gasteiger partial charge in [-0.1, -0.05) is 67.8 Å². The van der Waals surface area contributed by atoms with Gasteiger partial charge in [0.25, 0.3) is 5.91 Å². The molecule has 0 spiro atoms. The molecule has 0 bridgehead atoms. The molecule has 1 aliphatic carbocycles. The molecule has 224 valence electrons. The second-order valence-electron chi connectivity index (χ2n) is 10.3. The van der Waals surface area contributed by atoms with E-state index in [9.17, 15) is 32.3 Å². The third kappa shape index (κ3) is 8.88. The van der Waals surface area contributed by atoms with Gasteiger partial charge in [-0.25, -0.2) is 0 Å². The highest BCUT2D eigenvalue weighted by Gasteiger charge is 2.31. The second kappa shape index (κ2) is 14.0. The van der Waals surface area contributed by atoms with E-state index in [-0.39, 0.29) is 35.2 Å². The molecule has 43 heavy (non-hydrogen) atoms. The van der Waals surface area contributed by atoms with Crippen molar-refractivity contribution >= 4 is 29.0 Å². The predicted octanol–water partition coefficient (Wildman–Crippen LogP) is 6.99. The quantitative estimate of drug-likeness (QED) is 0.183. The number of carboxylic acids is 1. The van der Waals surface area contributed by atoms with Crippen LogP contribution in [0.3, 0.4) is 0 Å². The number of ether oxygens (including phenoxy) is 1. The van der Waals surface area contributed by atoms with Crippen molar-refractivity contribution in [3.05, 3.63) is 107 Å². The molecule has 0 atom stereocenters. The molecule has 3 aromatic carbocycles. The van der Waals surface area contributed by atoms with Crippen molar-refractivity contribution in [1.82, 2.24) is 5.32 Å². The third-order valence-corrected chi connectivity index (χ3v) is 7.20. The summed E-state index contributed by atoms with van der Waals surface area (Å²) in [5.41, 5.74) is 1.90. The fourth-order valence-electron chi connectivity index (χ4n) is 5.03. The highest BCUT2D eigenvalue weighted by molar-refractivity contribution is 6.32. The number of allylic oxidation sites excluding steroid dienone is 2. The van der Waals surface area contributed by atoms with Crippen molar-refractivity contribution in [2.45, 2.75) is 50.8 Å². The number of hydrogen-bond donors (Lipinski definition) is 2. The van der Waals surface area contributed by atoms with Gasteiger partial charge in [-0.05, 0) is 60.2 Å². The number of rotatable bonds is 11. The van der Waals surface area contributed by atoms with E-state index >= 15 is 0 Å². The topological polar surface area (TPSA) is 110 Å². The fraction of sp³-hybridized carbons (Fsp3) is 0.273. The molecule has 2 N–H and O–H groups in total. The van der Waals surface area contributed by atoms with Crippen molar-refractivity contribution < 1.29 is 42.2 Å². The number of benzene rings is 3. The Morgan fingerprint density at radius 2 is 1.47 bits per heavy atom. The molecule has 0 unspecified atom stereocenters. The normalized spacial score (nSPS) is 14.2. The molecule has 7 nitrogen and oxygen atoms in total. The minimum Gasteiger partial charge on any atom is -0.481 e. The summed E-state index contributed by atoms with van der Waals surface area (Å²) in [7, 11) is 0. The zero-order chi connectivity index (χ0) is 31.0. The second-order valence-corrected chi connectivity index (χ2v) is 10.3. The summed E-state index contributed by atoms with van der Waals surface area (Å²) >= 11 is 0.